The van der Waals surface area contributed by atoms with Gasteiger partial charge in [0, 0.05) is 12.0 Å². The molecule has 3 N–H and O–H groups in total. The fourth-order valence-corrected chi connectivity index (χ4v) is 2.15. The van der Waals surface area contributed by atoms with Gasteiger partial charge in [0.25, 0.3) is 0 Å². The summed E-state index contributed by atoms with van der Waals surface area (Å²) in [7, 11) is 0. The van der Waals surface area contributed by atoms with Gasteiger partial charge in [-0.15, -0.1) is 0 Å². The molecule has 1 fully saturated rings. The number of benzene rings is 1. The van der Waals surface area contributed by atoms with E-state index >= 15 is 0 Å². The lowest BCUT2D eigenvalue weighted by Crippen LogP contribution is -2.39. The summed E-state index contributed by atoms with van der Waals surface area (Å²) in [4.78, 5) is 11.0. The molecule has 2 rings (SSSR count). The van der Waals surface area contributed by atoms with E-state index in [1.54, 1.807) is 0 Å². The second kappa shape index (κ2) is 4.63. The molecule has 0 bridgehead atoms. The molecule has 0 radical (unpaired) electrons. The Morgan fingerprint density at radius 1 is 1.31 bits per heavy atom. The van der Waals surface area contributed by atoms with Gasteiger partial charge in [-0.05, 0) is 18.9 Å². The maximum absolute atomic E-state index is 11.0. The highest BCUT2D eigenvalue weighted by Gasteiger charge is 2.37. The van der Waals surface area contributed by atoms with Crippen LogP contribution in [0, 0.1) is 5.92 Å². The van der Waals surface area contributed by atoms with Crippen LogP contribution in [0.4, 0.5) is 0 Å². The monoisotopic (exact) mass is 220 g/mol. The summed E-state index contributed by atoms with van der Waals surface area (Å²) >= 11 is 0. The van der Waals surface area contributed by atoms with Crippen LogP contribution in [0.3, 0.4) is 0 Å². The minimum atomic E-state index is -0.794. The third-order valence-corrected chi connectivity index (χ3v) is 3.12. The smallest absolute Gasteiger partial charge is 0.322 e. The Morgan fingerprint density at radius 3 is 2.62 bits per heavy atom. The topological polar surface area (TPSA) is 61.4 Å². The number of carboxylic acid groups (broad SMARTS) is 1. The van der Waals surface area contributed by atoms with Gasteiger partial charge in [-0.25, -0.2) is 5.43 Å². The Labute approximate surface area is 94.6 Å². The van der Waals surface area contributed by atoms with Crippen molar-refractivity contribution in [1.82, 2.24) is 10.9 Å². The van der Waals surface area contributed by atoms with Gasteiger partial charge in [0.2, 0.25) is 0 Å². The summed E-state index contributed by atoms with van der Waals surface area (Å²) in [5.41, 5.74) is 6.99. The first-order valence-corrected chi connectivity index (χ1v) is 5.46. The van der Waals surface area contributed by atoms with Crippen LogP contribution in [0.2, 0.25) is 0 Å². The molecule has 0 spiro atoms. The summed E-state index contributed by atoms with van der Waals surface area (Å²) in [6.07, 6.45) is 0.777. The van der Waals surface area contributed by atoms with Crippen molar-refractivity contribution in [2.75, 3.05) is 0 Å². The Morgan fingerprint density at radius 2 is 2.00 bits per heavy atom. The minimum Gasteiger partial charge on any atom is -0.480 e. The zero-order valence-electron chi connectivity index (χ0n) is 9.18. The van der Waals surface area contributed by atoms with Crippen LogP contribution < -0.4 is 10.9 Å². The van der Waals surface area contributed by atoms with Crippen molar-refractivity contribution in [3.8, 4) is 0 Å². The number of carboxylic acids is 1. The van der Waals surface area contributed by atoms with E-state index in [9.17, 15) is 4.79 Å². The molecule has 0 saturated carbocycles. The Kier molecular flexibility index (Phi) is 3.22. The predicted molar refractivity (Wildman–Crippen MR) is 60.8 cm³/mol. The molecule has 86 valence electrons. The second-order valence-electron chi connectivity index (χ2n) is 4.25. The Balaban J connectivity index is 2.10. The van der Waals surface area contributed by atoms with E-state index in [-0.39, 0.29) is 12.0 Å². The molecular weight excluding hydrogens is 204 g/mol. The van der Waals surface area contributed by atoms with E-state index in [1.807, 2.05) is 37.3 Å². The van der Waals surface area contributed by atoms with Gasteiger partial charge in [-0.3, -0.25) is 10.2 Å². The highest BCUT2D eigenvalue weighted by molar-refractivity contribution is 5.74. The number of hydrogen-bond acceptors (Lipinski definition) is 3. The van der Waals surface area contributed by atoms with E-state index in [4.69, 9.17) is 5.11 Å². The summed E-state index contributed by atoms with van der Waals surface area (Å²) in [5, 5.41) is 9.08. The molecule has 1 aliphatic rings. The van der Waals surface area contributed by atoms with Gasteiger partial charge in [0.1, 0.15) is 6.04 Å². The molecule has 0 aromatic heterocycles. The number of hydrazine groups is 1. The van der Waals surface area contributed by atoms with Crippen LogP contribution in [0.1, 0.15) is 12.5 Å². The van der Waals surface area contributed by atoms with Gasteiger partial charge in [0.05, 0.1) is 0 Å². The maximum Gasteiger partial charge on any atom is 0.322 e. The third kappa shape index (κ3) is 2.23. The third-order valence-electron chi connectivity index (χ3n) is 3.12. The van der Waals surface area contributed by atoms with Gasteiger partial charge in [0.15, 0.2) is 0 Å². The molecule has 0 aliphatic carbocycles. The maximum atomic E-state index is 11.0. The highest BCUT2D eigenvalue weighted by Crippen LogP contribution is 2.20. The lowest BCUT2D eigenvalue weighted by atomic mass is 9.89. The fraction of sp³-hybridized carbons (Fsp3) is 0.417. The van der Waals surface area contributed by atoms with Crippen molar-refractivity contribution in [2.24, 2.45) is 5.92 Å². The molecule has 3 unspecified atom stereocenters. The average Bonchev–Trinajstić information content (AvgIpc) is 2.62. The van der Waals surface area contributed by atoms with Crippen LogP contribution >= 0.6 is 0 Å². The first-order valence-electron chi connectivity index (χ1n) is 5.46. The molecule has 1 aliphatic heterocycles. The van der Waals surface area contributed by atoms with Crippen molar-refractivity contribution < 1.29 is 9.90 Å². The lowest BCUT2D eigenvalue weighted by molar-refractivity contribution is -0.140. The Hall–Kier alpha value is -1.39. The number of aliphatic carboxylic acids is 1. The number of nitrogens with one attached hydrogen (secondary N) is 2. The van der Waals surface area contributed by atoms with Crippen molar-refractivity contribution in [3.05, 3.63) is 35.9 Å². The van der Waals surface area contributed by atoms with Crippen LogP contribution in [0.25, 0.3) is 0 Å². The van der Waals surface area contributed by atoms with Gasteiger partial charge < -0.3 is 5.11 Å². The van der Waals surface area contributed by atoms with Gasteiger partial charge >= 0.3 is 5.97 Å². The zero-order valence-corrected chi connectivity index (χ0v) is 9.18. The van der Waals surface area contributed by atoms with Gasteiger partial charge in [-0.1, -0.05) is 30.3 Å². The van der Waals surface area contributed by atoms with Crippen molar-refractivity contribution in [2.45, 2.75) is 25.4 Å². The largest absolute Gasteiger partial charge is 0.480 e. The first kappa shape index (κ1) is 11.1. The SMILES string of the molecule is CC1NNC(C(=O)O)C1Cc1ccccc1. The molecule has 1 saturated heterocycles. The second-order valence-corrected chi connectivity index (χ2v) is 4.25. The van der Waals surface area contributed by atoms with Crippen LogP contribution in [0.5, 0.6) is 0 Å². The molecule has 4 nitrogen and oxygen atoms in total. The zero-order chi connectivity index (χ0) is 11.5. The minimum absolute atomic E-state index is 0.0832. The normalized spacial score (nSPS) is 29.2. The molecule has 0 amide bonds. The van der Waals surface area contributed by atoms with Crippen molar-refractivity contribution >= 4 is 5.97 Å². The summed E-state index contributed by atoms with van der Waals surface area (Å²) in [5.74, 6) is -0.710. The number of rotatable bonds is 3. The van der Waals surface area contributed by atoms with Gasteiger partial charge in [-0.2, -0.15) is 0 Å². The highest BCUT2D eigenvalue weighted by atomic mass is 16.4. The van der Waals surface area contributed by atoms with Crippen molar-refractivity contribution in [1.29, 1.82) is 0 Å². The summed E-state index contributed by atoms with van der Waals surface area (Å²) < 4.78 is 0. The predicted octanol–water partition coefficient (Wildman–Crippen LogP) is 0.795. The standard InChI is InChI=1S/C12H16N2O2/c1-8-10(11(12(15)16)14-13-8)7-9-5-3-2-4-6-9/h2-6,8,10-11,13-14H,7H2,1H3,(H,15,16). The molecule has 4 heteroatoms. The molecule has 1 aromatic carbocycles. The number of hydrogen-bond donors (Lipinski definition) is 3. The molecule has 3 atom stereocenters. The van der Waals surface area contributed by atoms with Crippen LogP contribution in [0.15, 0.2) is 30.3 Å². The summed E-state index contributed by atoms with van der Waals surface area (Å²) in [6, 6.07) is 9.65. The Bertz CT molecular complexity index is 367. The van der Waals surface area contributed by atoms with E-state index in [1.165, 1.54) is 5.56 Å². The van der Waals surface area contributed by atoms with Crippen LogP contribution in [-0.2, 0) is 11.2 Å². The van der Waals surface area contributed by atoms with Crippen molar-refractivity contribution in [3.63, 3.8) is 0 Å². The fourth-order valence-electron chi connectivity index (χ4n) is 2.15. The molecule has 16 heavy (non-hydrogen) atoms. The number of carbonyl (C=O) groups is 1. The van der Waals surface area contributed by atoms with Crippen LogP contribution in [-0.4, -0.2) is 23.2 Å². The summed E-state index contributed by atoms with van der Waals surface area (Å²) in [6.45, 7) is 2.00. The average molecular weight is 220 g/mol. The molecule has 1 aromatic rings. The van der Waals surface area contributed by atoms with E-state index < -0.39 is 12.0 Å². The van der Waals surface area contributed by atoms with E-state index in [0.29, 0.717) is 0 Å². The lowest BCUT2D eigenvalue weighted by Gasteiger charge is -2.17. The van der Waals surface area contributed by atoms with E-state index in [0.717, 1.165) is 6.42 Å². The first-order chi connectivity index (χ1) is 7.68. The van der Waals surface area contributed by atoms with E-state index in [2.05, 4.69) is 10.9 Å². The molecular formula is C12H16N2O2. The quantitative estimate of drug-likeness (QED) is 0.705. The molecule has 1 heterocycles.